The number of hydrogen-bond donors (Lipinski definition) is 3. The van der Waals surface area contributed by atoms with Gasteiger partial charge in [0.1, 0.15) is 0 Å². The number of anilines is 2. The van der Waals surface area contributed by atoms with Crippen LogP contribution in [0.25, 0.3) is 16.9 Å². The maximum absolute atomic E-state index is 12.3. The Balaban J connectivity index is 0.000000601. The van der Waals surface area contributed by atoms with E-state index in [2.05, 4.69) is 5.10 Å². The van der Waals surface area contributed by atoms with E-state index in [-0.39, 0.29) is 24.9 Å². The van der Waals surface area contributed by atoms with Crippen LogP contribution in [0.1, 0.15) is 29.9 Å². The van der Waals surface area contributed by atoms with E-state index in [4.69, 9.17) is 30.8 Å². The number of nitrogens with zero attached hydrogens (tertiary/aromatic N) is 3. The SMILES string of the molecule is CC(=O)N1Cc2c(C(N)=O)nn(-c3ccc4c(c3)OCO4)c2-c2cc(N)ccc21.CC(=O)O. The van der Waals surface area contributed by atoms with Gasteiger partial charge in [0, 0.05) is 36.7 Å². The Hall–Kier alpha value is -4.54. The Bertz CT molecular complexity index is 1290. The summed E-state index contributed by atoms with van der Waals surface area (Å²) in [6.07, 6.45) is 0. The van der Waals surface area contributed by atoms with Crippen LogP contribution in [0.15, 0.2) is 36.4 Å². The zero-order valence-corrected chi connectivity index (χ0v) is 17.9. The lowest BCUT2D eigenvalue weighted by atomic mass is 9.97. The highest BCUT2D eigenvalue weighted by atomic mass is 16.7. The number of rotatable bonds is 2. The molecule has 5 rings (SSSR count). The van der Waals surface area contributed by atoms with Gasteiger partial charge in [-0.15, -0.1) is 0 Å². The van der Waals surface area contributed by atoms with E-state index in [9.17, 15) is 9.59 Å². The Morgan fingerprint density at radius 1 is 1.06 bits per heavy atom. The summed E-state index contributed by atoms with van der Waals surface area (Å²) >= 11 is 0. The lowest BCUT2D eigenvalue weighted by molar-refractivity contribution is -0.134. The first-order chi connectivity index (χ1) is 15.7. The summed E-state index contributed by atoms with van der Waals surface area (Å²) in [5, 5.41) is 11.9. The van der Waals surface area contributed by atoms with Crippen molar-refractivity contribution in [3.05, 3.63) is 47.7 Å². The van der Waals surface area contributed by atoms with Crippen molar-refractivity contribution in [2.24, 2.45) is 5.73 Å². The molecule has 0 saturated carbocycles. The smallest absolute Gasteiger partial charge is 0.300 e. The molecule has 0 spiro atoms. The number of aromatic nitrogens is 2. The molecule has 1 aromatic heterocycles. The van der Waals surface area contributed by atoms with Crippen molar-refractivity contribution in [1.82, 2.24) is 9.78 Å². The third-order valence-electron chi connectivity index (χ3n) is 5.08. The van der Waals surface area contributed by atoms with Crippen molar-refractivity contribution in [3.63, 3.8) is 0 Å². The second kappa shape index (κ2) is 8.19. The number of hydrogen-bond acceptors (Lipinski definition) is 7. The second-order valence-electron chi connectivity index (χ2n) is 7.39. The molecule has 0 fully saturated rings. The van der Waals surface area contributed by atoms with Crippen LogP contribution in [0.2, 0.25) is 0 Å². The van der Waals surface area contributed by atoms with Crippen LogP contribution in [-0.4, -0.2) is 39.5 Å². The fraction of sp³-hybridized carbons (Fsp3) is 0.182. The molecule has 0 atom stereocenters. The number of fused-ring (bicyclic) bond motifs is 4. The minimum Gasteiger partial charge on any atom is -0.481 e. The first kappa shape index (κ1) is 21.7. The number of carboxylic acid groups (broad SMARTS) is 1. The number of nitrogen functional groups attached to an aromatic ring is 1. The largest absolute Gasteiger partial charge is 0.481 e. The fourth-order valence-electron chi connectivity index (χ4n) is 3.78. The maximum Gasteiger partial charge on any atom is 0.300 e. The summed E-state index contributed by atoms with van der Waals surface area (Å²) in [6.45, 7) is 2.89. The number of aliphatic carboxylic acids is 1. The molecule has 0 radical (unpaired) electrons. The monoisotopic (exact) mass is 451 g/mol. The van der Waals surface area contributed by atoms with Gasteiger partial charge in [-0.2, -0.15) is 5.10 Å². The summed E-state index contributed by atoms with van der Waals surface area (Å²) in [6, 6.07) is 10.7. The summed E-state index contributed by atoms with van der Waals surface area (Å²) in [5.74, 6) is -0.442. The van der Waals surface area contributed by atoms with Gasteiger partial charge in [0.2, 0.25) is 12.7 Å². The zero-order chi connectivity index (χ0) is 23.9. The van der Waals surface area contributed by atoms with Crippen LogP contribution in [0.3, 0.4) is 0 Å². The van der Waals surface area contributed by atoms with E-state index < -0.39 is 11.9 Å². The minimum atomic E-state index is -0.833. The number of nitrogens with two attached hydrogens (primary N) is 2. The number of ether oxygens (including phenoxy) is 2. The Kier molecular flexibility index (Phi) is 5.38. The first-order valence-corrected chi connectivity index (χ1v) is 9.86. The van der Waals surface area contributed by atoms with Gasteiger partial charge in [-0.3, -0.25) is 14.4 Å². The van der Waals surface area contributed by atoms with Crippen LogP contribution < -0.4 is 25.8 Å². The standard InChI is InChI=1S/C20H17N5O4.C2H4O2/c1-10(26)24-8-14-18(20(22)27)23-25(12-3-5-16-17(7-12)29-9-28-16)19(14)13-6-11(21)2-4-15(13)24;1-2(3)4/h2-7H,8-9,21H2,1H3,(H2,22,27);1H3,(H,3,4). The van der Waals surface area contributed by atoms with E-state index in [1.165, 1.54) is 6.92 Å². The number of carboxylic acids is 1. The topological polar surface area (TPSA) is 163 Å². The van der Waals surface area contributed by atoms with Gasteiger partial charge in [-0.1, -0.05) is 0 Å². The third kappa shape index (κ3) is 3.91. The summed E-state index contributed by atoms with van der Waals surface area (Å²) in [5.41, 5.74) is 15.6. The molecule has 2 amide bonds. The van der Waals surface area contributed by atoms with Crippen molar-refractivity contribution >= 4 is 29.2 Å². The molecule has 2 aliphatic rings. The highest BCUT2D eigenvalue weighted by molar-refractivity contribution is 6.02. The predicted octanol–water partition coefficient (Wildman–Crippen LogP) is 1.91. The highest BCUT2D eigenvalue weighted by Crippen LogP contribution is 2.43. The summed E-state index contributed by atoms with van der Waals surface area (Å²) < 4.78 is 12.5. The average molecular weight is 451 g/mol. The van der Waals surface area contributed by atoms with Crippen LogP contribution >= 0.6 is 0 Å². The Morgan fingerprint density at radius 3 is 2.42 bits per heavy atom. The molecule has 170 valence electrons. The van der Waals surface area contributed by atoms with Crippen molar-refractivity contribution < 1.29 is 29.0 Å². The fourth-order valence-corrected chi connectivity index (χ4v) is 3.78. The molecule has 3 aromatic rings. The highest BCUT2D eigenvalue weighted by Gasteiger charge is 2.33. The molecule has 0 bridgehead atoms. The molecular formula is C22H21N5O6. The van der Waals surface area contributed by atoms with Gasteiger partial charge in [0.05, 0.1) is 23.6 Å². The number of benzene rings is 2. The minimum absolute atomic E-state index is 0.108. The normalized spacial score (nSPS) is 12.8. The molecule has 0 saturated heterocycles. The third-order valence-corrected chi connectivity index (χ3v) is 5.08. The van der Waals surface area contributed by atoms with Crippen molar-refractivity contribution in [3.8, 4) is 28.4 Å². The van der Waals surface area contributed by atoms with Crippen LogP contribution in [0.5, 0.6) is 11.5 Å². The average Bonchev–Trinajstić information content (AvgIpc) is 3.36. The molecule has 33 heavy (non-hydrogen) atoms. The van der Waals surface area contributed by atoms with Crippen molar-refractivity contribution in [2.75, 3.05) is 17.4 Å². The van der Waals surface area contributed by atoms with Crippen molar-refractivity contribution in [2.45, 2.75) is 20.4 Å². The maximum atomic E-state index is 12.3. The van der Waals surface area contributed by atoms with Gasteiger partial charge in [0.15, 0.2) is 17.2 Å². The van der Waals surface area contributed by atoms with E-state index in [1.54, 1.807) is 39.9 Å². The zero-order valence-electron chi connectivity index (χ0n) is 17.9. The lowest BCUT2D eigenvalue weighted by Crippen LogP contribution is -2.32. The lowest BCUT2D eigenvalue weighted by Gasteiger charge is -2.29. The van der Waals surface area contributed by atoms with Crippen LogP contribution in [0.4, 0.5) is 11.4 Å². The quantitative estimate of drug-likeness (QED) is 0.497. The molecule has 2 aliphatic heterocycles. The second-order valence-corrected chi connectivity index (χ2v) is 7.39. The predicted molar refractivity (Wildman–Crippen MR) is 118 cm³/mol. The number of carbonyl (C=O) groups is 3. The molecule has 0 unspecified atom stereocenters. The number of primary amides is 1. The number of carbonyl (C=O) groups excluding carboxylic acids is 2. The molecule has 0 aliphatic carbocycles. The number of amides is 2. The van der Waals surface area contributed by atoms with Gasteiger partial charge < -0.3 is 30.9 Å². The van der Waals surface area contributed by atoms with E-state index >= 15 is 0 Å². The van der Waals surface area contributed by atoms with Gasteiger partial charge in [-0.25, -0.2) is 4.68 Å². The molecule has 11 nitrogen and oxygen atoms in total. The molecule has 2 aromatic carbocycles. The van der Waals surface area contributed by atoms with E-state index in [1.807, 2.05) is 6.07 Å². The Morgan fingerprint density at radius 2 is 1.76 bits per heavy atom. The summed E-state index contributed by atoms with van der Waals surface area (Å²) in [7, 11) is 0. The van der Waals surface area contributed by atoms with E-state index in [0.29, 0.717) is 45.4 Å². The molecule has 5 N–H and O–H groups in total. The molecular weight excluding hydrogens is 430 g/mol. The van der Waals surface area contributed by atoms with Crippen molar-refractivity contribution in [1.29, 1.82) is 0 Å². The molecule has 3 heterocycles. The van der Waals surface area contributed by atoms with Gasteiger partial charge >= 0.3 is 0 Å². The van der Waals surface area contributed by atoms with Gasteiger partial charge in [-0.05, 0) is 30.3 Å². The van der Waals surface area contributed by atoms with Crippen LogP contribution in [0, 0.1) is 0 Å². The molecule has 11 heteroatoms. The first-order valence-electron chi connectivity index (χ1n) is 9.86. The summed E-state index contributed by atoms with van der Waals surface area (Å²) in [4.78, 5) is 35.0. The van der Waals surface area contributed by atoms with Gasteiger partial charge in [0.25, 0.3) is 11.9 Å². The van der Waals surface area contributed by atoms with Crippen LogP contribution in [-0.2, 0) is 16.1 Å². The van der Waals surface area contributed by atoms with E-state index in [0.717, 1.165) is 6.92 Å². The Labute approximate surface area is 188 Å².